The molecule has 0 radical (unpaired) electrons. The lowest BCUT2D eigenvalue weighted by molar-refractivity contribution is -0.151. The first kappa shape index (κ1) is 14.6. The highest BCUT2D eigenvalue weighted by Crippen LogP contribution is 2.31. The Kier molecular flexibility index (Phi) is 3.80. The number of carbonyl (C=O) groups is 1. The summed E-state index contributed by atoms with van der Waals surface area (Å²) in [7, 11) is 0. The molecule has 1 unspecified atom stereocenters. The first-order valence-corrected chi connectivity index (χ1v) is 7.98. The van der Waals surface area contributed by atoms with Crippen LogP contribution in [-0.2, 0) is 11.3 Å². The van der Waals surface area contributed by atoms with Gasteiger partial charge < -0.3 is 10.1 Å². The fourth-order valence-corrected chi connectivity index (χ4v) is 3.54. The Morgan fingerprint density at radius 2 is 2.33 bits per heavy atom. The summed E-state index contributed by atoms with van der Waals surface area (Å²) in [6.07, 6.45) is 3.73. The summed E-state index contributed by atoms with van der Waals surface area (Å²) in [5, 5.41) is 10.6. The van der Waals surface area contributed by atoms with Crippen molar-refractivity contribution in [1.29, 1.82) is 0 Å². The normalized spacial score (nSPS) is 23.5. The van der Waals surface area contributed by atoms with Crippen molar-refractivity contribution in [2.45, 2.75) is 26.3 Å². The SMILES string of the molecule is CC1(C(=O)O)CCCN(Cc2c[nH]c3ccc(Br)cc23)C1. The number of hydrogen-bond acceptors (Lipinski definition) is 2. The number of carboxylic acids is 1. The minimum Gasteiger partial charge on any atom is -0.481 e. The number of halogens is 1. The number of piperidine rings is 1. The highest BCUT2D eigenvalue weighted by atomic mass is 79.9. The van der Waals surface area contributed by atoms with Crippen molar-refractivity contribution in [3.05, 3.63) is 34.4 Å². The summed E-state index contributed by atoms with van der Waals surface area (Å²) < 4.78 is 1.06. The number of likely N-dealkylation sites (tertiary alicyclic amines) is 1. The maximum atomic E-state index is 11.4. The topological polar surface area (TPSA) is 56.3 Å². The van der Waals surface area contributed by atoms with Gasteiger partial charge in [0.05, 0.1) is 5.41 Å². The molecule has 1 atom stereocenters. The number of carboxylic acid groups (broad SMARTS) is 1. The number of H-pyrrole nitrogens is 1. The summed E-state index contributed by atoms with van der Waals surface area (Å²) in [6, 6.07) is 6.19. The smallest absolute Gasteiger partial charge is 0.310 e. The van der Waals surface area contributed by atoms with Crippen LogP contribution < -0.4 is 0 Å². The van der Waals surface area contributed by atoms with Crippen molar-refractivity contribution in [3.63, 3.8) is 0 Å². The van der Waals surface area contributed by atoms with Crippen molar-refractivity contribution >= 4 is 32.8 Å². The van der Waals surface area contributed by atoms with Gasteiger partial charge in [-0.25, -0.2) is 0 Å². The predicted molar refractivity (Wildman–Crippen MR) is 86.3 cm³/mol. The van der Waals surface area contributed by atoms with E-state index in [-0.39, 0.29) is 0 Å². The second-order valence-electron chi connectivity index (χ2n) is 6.18. The van der Waals surface area contributed by atoms with E-state index >= 15 is 0 Å². The van der Waals surface area contributed by atoms with Crippen LogP contribution in [0.25, 0.3) is 10.9 Å². The first-order chi connectivity index (χ1) is 9.98. The number of rotatable bonds is 3. The maximum Gasteiger partial charge on any atom is 0.310 e. The summed E-state index contributed by atoms with van der Waals surface area (Å²) in [4.78, 5) is 17.0. The van der Waals surface area contributed by atoms with Gasteiger partial charge in [0.2, 0.25) is 0 Å². The lowest BCUT2D eigenvalue weighted by Crippen LogP contribution is -2.45. The Hall–Kier alpha value is -1.33. The van der Waals surface area contributed by atoms with Gasteiger partial charge in [0.1, 0.15) is 0 Å². The second kappa shape index (κ2) is 5.46. The molecular weight excluding hydrogens is 332 g/mol. The Morgan fingerprint density at radius 1 is 1.52 bits per heavy atom. The van der Waals surface area contributed by atoms with Crippen LogP contribution in [0.4, 0.5) is 0 Å². The lowest BCUT2D eigenvalue weighted by atomic mass is 9.82. The first-order valence-electron chi connectivity index (χ1n) is 7.19. The number of nitrogens with zero attached hydrogens (tertiary/aromatic N) is 1. The van der Waals surface area contributed by atoms with Crippen molar-refractivity contribution in [2.24, 2.45) is 5.41 Å². The van der Waals surface area contributed by atoms with E-state index in [4.69, 9.17) is 0 Å². The molecule has 1 aliphatic heterocycles. The van der Waals surface area contributed by atoms with Gasteiger partial charge in [0, 0.05) is 34.7 Å². The van der Waals surface area contributed by atoms with Gasteiger partial charge in [0.15, 0.2) is 0 Å². The van der Waals surface area contributed by atoms with Crippen molar-refractivity contribution < 1.29 is 9.90 Å². The summed E-state index contributed by atoms with van der Waals surface area (Å²) in [5.41, 5.74) is 1.72. The van der Waals surface area contributed by atoms with Crippen molar-refractivity contribution in [1.82, 2.24) is 9.88 Å². The average Bonchev–Trinajstić information content (AvgIpc) is 2.81. The monoisotopic (exact) mass is 350 g/mol. The number of aliphatic carboxylic acids is 1. The zero-order chi connectivity index (χ0) is 15.0. The number of aromatic amines is 1. The lowest BCUT2D eigenvalue weighted by Gasteiger charge is -2.37. The Balaban J connectivity index is 1.82. The van der Waals surface area contributed by atoms with Crippen LogP contribution in [0.3, 0.4) is 0 Å². The molecule has 1 aliphatic rings. The van der Waals surface area contributed by atoms with Crippen LogP contribution in [0.5, 0.6) is 0 Å². The van der Waals surface area contributed by atoms with Gasteiger partial charge in [-0.1, -0.05) is 15.9 Å². The third kappa shape index (κ3) is 2.85. The van der Waals surface area contributed by atoms with Crippen LogP contribution in [0.2, 0.25) is 0 Å². The third-order valence-corrected chi connectivity index (χ3v) is 4.91. The molecule has 4 nitrogen and oxygen atoms in total. The molecule has 2 heterocycles. The molecular formula is C16H19BrN2O2. The van der Waals surface area contributed by atoms with E-state index in [9.17, 15) is 9.90 Å². The minimum atomic E-state index is -0.686. The van der Waals surface area contributed by atoms with Gasteiger partial charge in [-0.3, -0.25) is 9.69 Å². The third-order valence-electron chi connectivity index (χ3n) is 4.42. The van der Waals surface area contributed by atoms with E-state index in [0.29, 0.717) is 6.54 Å². The summed E-state index contributed by atoms with van der Waals surface area (Å²) in [6.45, 7) is 4.22. The van der Waals surface area contributed by atoms with Crippen LogP contribution in [-0.4, -0.2) is 34.0 Å². The molecule has 2 N–H and O–H groups in total. The summed E-state index contributed by atoms with van der Waals surface area (Å²) >= 11 is 3.51. The molecule has 0 spiro atoms. The van der Waals surface area contributed by atoms with Gasteiger partial charge >= 0.3 is 5.97 Å². The standard InChI is InChI=1S/C16H19BrN2O2/c1-16(15(20)21)5-2-6-19(10-16)9-11-8-18-14-4-3-12(17)7-13(11)14/h3-4,7-8,18H,2,5-6,9-10H2,1H3,(H,20,21). The van der Waals surface area contributed by atoms with Crippen molar-refractivity contribution in [3.8, 4) is 0 Å². The fraction of sp³-hybridized carbons (Fsp3) is 0.438. The fourth-order valence-electron chi connectivity index (χ4n) is 3.18. The second-order valence-corrected chi connectivity index (χ2v) is 7.10. The van der Waals surface area contributed by atoms with E-state index in [0.717, 1.165) is 35.9 Å². The van der Waals surface area contributed by atoms with E-state index in [1.165, 1.54) is 10.9 Å². The molecule has 1 aromatic heterocycles. The molecule has 0 aliphatic carbocycles. The number of aromatic nitrogens is 1. The Labute approximate surface area is 132 Å². The molecule has 1 fully saturated rings. The highest BCUT2D eigenvalue weighted by Gasteiger charge is 2.37. The zero-order valence-corrected chi connectivity index (χ0v) is 13.6. The molecule has 1 aromatic carbocycles. The van der Waals surface area contributed by atoms with Crippen LogP contribution in [0.15, 0.2) is 28.9 Å². The zero-order valence-electron chi connectivity index (χ0n) is 12.0. The molecule has 21 heavy (non-hydrogen) atoms. The van der Waals surface area contributed by atoms with Gasteiger partial charge in [-0.2, -0.15) is 0 Å². The largest absolute Gasteiger partial charge is 0.481 e. The van der Waals surface area contributed by atoms with Gasteiger partial charge in [-0.15, -0.1) is 0 Å². The van der Waals surface area contributed by atoms with E-state index in [1.54, 1.807) is 0 Å². The average molecular weight is 351 g/mol. The highest BCUT2D eigenvalue weighted by molar-refractivity contribution is 9.10. The van der Waals surface area contributed by atoms with Crippen LogP contribution in [0, 0.1) is 5.41 Å². The molecule has 0 bridgehead atoms. The summed E-state index contributed by atoms with van der Waals surface area (Å²) in [5.74, 6) is -0.686. The van der Waals surface area contributed by atoms with Crippen molar-refractivity contribution in [2.75, 3.05) is 13.1 Å². The number of fused-ring (bicyclic) bond motifs is 1. The molecule has 0 amide bonds. The molecule has 5 heteroatoms. The number of hydrogen-bond donors (Lipinski definition) is 2. The molecule has 3 rings (SSSR count). The molecule has 1 saturated heterocycles. The van der Waals surface area contributed by atoms with E-state index < -0.39 is 11.4 Å². The Morgan fingerprint density at radius 3 is 3.10 bits per heavy atom. The van der Waals surface area contributed by atoms with E-state index in [2.05, 4.69) is 37.9 Å². The number of benzene rings is 1. The predicted octanol–water partition coefficient (Wildman–Crippen LogP) is 3.62. The van der Waals surface area contributed by atoms with Crippen LogP contribution >= 0.6 is 15.9 Å². The molecule has 112 valence electrons. The van der Waals surface area contributed by atoms with Crippen LogP contribution in [0.1, 0.15) is 25.3 Å². The van der Waals surface area contributed by atoms with Gasteiger partial charge in [-0.05, 0) is 50.1 Å². The Bertz CT molecular complexity index is 682. The quantitative estimate of drug-likeness (QED) is 0.888. The maximum absolute atomic E-state index is 11.4. The number of nitrogens with one attached hydrogen (secondary N) is 1. The minimum absolute atomic E-state index is 0.614. The van der Waals surface area contributed by atoms with E-state index in [1.807, 2.05) is 19.2 Å². The molecule has 2 aromatic rings. The molecule has 0 saturated carbocycles. The van der Waals surface area contributed by atoms with Gasteiger partial charge in [0.25, 0.3) is 0 Å².